The predicted molar refractivity (Wildman–Crippen MR) is 48.4 cm³/mol. The van der Waals surface area contributed by atoms with Crippen molar-refractivity contribution in [1.29, 1.82) is 0 Å². The van der Waals surface area contributed by atoms with Crippen LogP contribution in [0.15, 0.2) is 29.1 Å². The van der Waals surface area contributed by atoms with E-state index in [4.69, 9.17) is 5.11 Å². The molecule has 0 fully saturated rings. The van der Waals surface area contributed by atoms with Gasteiger partial charge >= 0.3 is 17.1 Å². The molecule has 3 heteroatoms. The van der Waals surface area contributed by atoms with Crippen LogP contribution in [-0.2, 0) is 23.5 Å². The van der Waals surface area contributed by atoms with E-state index in [1.54, 1.807) is 6.07 Å². The van der Waals surface area contributed by atoms with Gasteiger partial charge in [-0.3, -0.25) is 4.79 Å². The smallest absolute Gasteiger partial charge is 0.504 e. The molecule has 0 aliphatic rings. The molecule has 1 N–H and O–H groups in total. The van der Waals surface area contributed by atoms with Crippen molar-refractivity contribution in [3.8, 4) is 5.75 Å². The molecule has 0 saturated carbocycles. The van der Waals surface area contributed by atoms with Crippen LogP contribution < -0.4 is 5.43 Å². The van der Waals surface area contributed by atoms with E-state index in [-0.39, 0.29) is 28.2 Å². The van der Waals surface area contributed by atoms with Crippen LogP contribution in [0.1, 0.15) is 18.9 Å². The molecule has 0 atom stereocenters. The van der Waals surface area contributed by atoms with Crippen molar-refractivity contribution in [3.63, 3.8) is 0 Å². The summed E-state index contributed by atoms with van der Waals surface area (Å²) in [5, 5.41) is 9.06. The van der Waals surface area contributed by atoms with Crippen LogP contribution in [0, 0.1) is 0 Å². The second kappa shape index (κ2) is 5.79. The van der Waals surface area contributed by atoms with Gasteiger partial charge in [-0.1, -0.05) is 25.5 Å². The Balaban J connectivity index is 0.00000144. The van der Waals surface area contributed by atoms with Crippen LogP contribution in [0.3, 0.4) is 0 Å². The van der Waals surface area contributed by atoms with Gasteiger partial charge in [0.25, 0.3) is 0 Å². The Hall–Kier alpha value is -0.791. The van der Waals surface area contributed by atoms with E-state index in [0.717, 1.165) is 18.4 Å². The van der Waals surface area contributed by atoms with Crippen molar-refractivity contribution in [2.45, 2.75) is 19.8 Å². The Morgan fingerprint density at radius 3 is 2.69 bits per heavy atom. The second-order valence-corrected chi connectivity index (χ2v) is 2.74. The topological polar surface area (TPSA) is 37.3 Å². The van der Waals surface area contributed by atoms with E-state index in [0.29, 0.717) is 0 Å². The summed E-state index contributed by atoms with van der Waals surface area (Å²) in [6.07, 6.45) is 1.88. The first-order valence-corrected chi connectivity index (χ1v) is 4.06. The maximum atomic E-state index is 11.1. The summed E-state index contributed by atoms with van der Waals surface area (Å²) >= 11 is 0. The fourth-order valence-corrected chi connectivity index (χ4v) is 1.08. The molecule has 2 nitrogen and oxygen atoms in total. The summed E-state index contributed by atoms with van der Waals surface area (Å²) in [5.41, 5.74) is 0.672. The minimum absolute atomic E-state index is 0. The minimum Gasteiger partial charge on any atom is -0.504 e. The van der Waals surface area contributed by atoms with Gasteiger partial charge in [-0.15, -0.1) is 0 Å². The number of hydrogen-bond acceptors (Lipinski definition) is 2. The Labute approximate surface area is 88.1 Å². The van der Waals surface area contributed by atoms with Gasteiger partial charge in [0, 0.05) is 0 Å². The SMILES string of the molecule is CCCc1cccc(O)c(=O)c1.[Cu+2]. The molecule has 0 heterocycles. The Kier molecular flexibility index (Phi) is 5.43. The van der Waals surface area contributed by atoms with E-state index in [9.17, 15) is 4.79 Å². The third kappa shape index (κ3) is 3.62. The van der Waals surface area contributed by atoms with Gasteiger partial charge in [-0.25, -0.2) is 0 Å². The van der Waals surface area contributed by atoms with Crippen LogP contribution in [0.5, 0.6) is 5.75 Å². The third-order valence-corrected chi connectivity index (χ3v) is 1.67. The van der Waals surface area contributed by atoms with Gasteiger partial charge in [0.1, 0.15) is 0 Å². The largest absolute Gasteiger partial charge is 2.00 e. The molecular formula is C10H12CuO2+2. The van der Waals surface area contributed by atoms with Crippen molar-refractivity contribution < 1.29 is 22.2 Å². The number of aromatic hydroxyl groups is 1. The zero-order valence-corrected chi connectivity index (χ0v) is 8.32. The van der Waals surface area contributed by atoms with Gasteiger partial charge < -0.3 is 5.11 Å². The first kappa shape index (κ1) is 12.2. The summed E-state index contributed by atoms with van der Waals surface area (Å²) in [5.74, 6) is -0.183. The monoisotopic (exact) mass is 227 g/mol. The summed E-state index contributed by atoms with van der Waals surface area (Å²) in [6, 6.07) is 6.45. The molecule has 0 aliphatic carbocycles. The van der Waals surface area contributed by atoms with Gasteiger partial charge in [-0.05, 0) is 24.1 Å². The zero-order valence-electron chi connectivity index (χ0n) is 7.38. The average molecular weight is 228 g/mol. The van der Waals surface area contributed by atoms with Crippen molar-refractivity contribution in [2.75, 3.05) is 0 Å². The standard InChI is InChI=1S/C10H12O2.Cu/c1-2-4-8-5-3-6-9(11)10(12)7-8;/h3,5-7H,2,4H2,1H3,(H,11,12);/q;+2. The Bertz CT molecular complexity index is 323. The van der Waals surface area contributed by atoms with Crippen LogP contribution in [0.4, 0.5) is 0 Å². The number of rotatable bonds is 2. The maximum absolute atomic E-state index is 11.1. The molecule has 0 aromatic heterocycles. The van der Waals surface area contributed by atoms with Crippen molar-refractivity contribution in [2.24, 2.45) is 0 Å². The van der Waals surface area contributed by atoms with Crippen LogP contribution in [0.2, 0.25) is 0 Å². The fourth-order valence-electron chi connectivity index (χ4n) is 1.08. The molecule has 13 heavy (non-hydrogen) atoms. The molecule has 0 aliphatic heterocycles. The molecular weight excluding hydrogens is 216 g/mol. The molecule has 0 saturated heterocycles. The van der Waals surface area contributed by atoms with E-state index in [1.807, 2.05) is 6.07 Å². The quantitative estimate of drug-likeness (QED) is 0.781. The molecule has 1 radical (unpaired) electrons. The zero-order chi connectivity index (χ0) is 8.97. The summed E-state index contributed by atoms with van der Waals surface area (Å²) < 4.78 is 0. The first-order chi connectivity index (χ1) is 5.74. The summed E-state index contributed by atoms with van der Waals surface area (Å²) in [7, 11) is 0. The van der Waals surface area contributed by atoms with Crippen molar-refractivity contribution in [3.05, 3.63) is 40.1 Å². The average Bonchev–Trinajstić information content (AvgIpc) is 2.16. The van der Waals surface area contributed by atoms with Gasteiger partial charge in [0.2, 0.25) is 5.43 Å². The van der Waals surface area contributed by atoms with Crippen molar-refractivity contribution in [1.82, 2.24) is 0 Å². The van der Waals surface area contributed by atoms with E-state index in [2.05, 4.69) is 6.92 Å². The van der Waals surface area contributed by atoms with Gasteiger partial charge in [-0.2, -0.15) is 0 Å². The van der Waals surface area contributed by atoms with Crippen molar-refractivity contribution >= 4 is 0 Å². The van der Waals surface area contributed by atoms with Crippen LogP contribution in [0.25, 0.3) is 0 Å². The van der Waals surface area contributed by atoms with Crippen LogP contribution in [-0.4, -0.2) is 5.11 Å². The Morgan fingerprint density at radius 2 is 2.08 bits per heavy atom. The van der Waals surface area contributed by atoms with Gasteiger partial charge in [0.05, 0.1) is 0 Å². The normalized spacial score (nSPS) is 9.00. The fraction of sp³-hybridized carbons (Fsp3) is 0.300. The van der Waals surface area contributed by atoms with E-state index in [1.165, 1.54) is 12.1 Å². The number of aryl methyl sites for hydroxylation is 1. The van der Waals surface area contributed by atoms with E-state index >= 15 is 0 Å². The third-order valence-electron chi connectivity index (χ3n) is 1.67. The first-order valence-electron chi connectivity index (χ1n) is 4.06. The minimum atomic E-state index is -0.302. The maximum Gasteiger partial charge on any atom is 2.00 e. The van der Waals surface area contributed by atoms with Gasteiger partial charge in [0.15, 0.2) is 5.75 Å². The summed E-state index contributed by atoms with van der Waals surface area (Å²) in [6.45, 7) is 2.05. The second-order valence-electron chi connectivity index (χ2n) is 2.74. The molecule has 0 spiro atoms. The molecule has 1 aromatic carbocycles. The van der Waals surface area contributed by atoms with E-state index < -0.39 is 0 Å². The number of hydrogen-bond donors (Lipinski definition) is 1. The molecule has 1 rings (SSSR count). The summed E-state index contributed by atoms with van der Waals surface area (Å²) in [4.78, 5) is 11.1. The predicted octanol–water partition coefficient (Wildman–Crippen LogP) is 1.70. The molecule has 1 aromatic rings. The molecule has 0 amide bonds. The molecule has 73 valence electrons. The van der Waals surface area contributed by atoms with Crippen LogP contribution >= 0.6 is 0 Å². The molecule has 0 unspecified atom stereocenters. The Morgan fingerprint density at radius 1 is 1.38 bits per heavy atom. The molecule has 0 bridgehead atoms.